The molecule has 0 saturated carbocycles. The minimum absolute atomic E-state index is 0.132. The number of rotatable bonds is 5. The molecule has 0 atom stereocenters. The van der Waals surface area contributed by atoms with Crippen molar-refractivity contribution >= 4 is 17.2 Å². The number of carbonyl (C=O) groups excluding carboxylic acids is 1. The molecule has 0 radical (unpaired) electrons. The van der Waals surface area contributed by atoms with Gasteiger partial charge >= 0.3 is 0 Å². The van der Waals surface area contributed by atoms with Crippen LogP contribution in [0.25, 0.3) is 5.65 Å². The topological polar surface area (TPSA) is 46.4 Å². The maximum absolute atomic E-state index is 12.7. The average molecular weight is 321 g/mol. The number of nitrogens with one attached hydrogen (secondary N) is 1. The van der Waals surface area contributed by atoms with Gasteiger partial charge < -0.3 is 5.32 Å². The Morgan fingerprint density at radius 1 is 1.17 bits per heavy atom. The fourth-order valence-corrected chi connectivity index (χ4v) is 2.92. The van der Waals surface area contributed by atoms with Gasteiger partial charge in [-0.3, -0.25) is 9.20 Å². The summed E-state index contributed by atoms with van der Waals surface area (Å²) >= 11 is 0. The monoisotopic (exact) mass is 321 g/mol. The van der Waals surface area contributed by atoms with Gasteiger partial charge in [-0.15, -0.1) is 0 Å². The van der Waals surface area contributed by atoms with Gasteiger partial charge in [-0.25, -0.2) is 4.98 Å². The lowest BCUT2D eigenvalue weighted by atomic mass is 10.1. The van der Waals surface area contributed by atoms with E-state index in [4.69, 9.17) is 0 Å². The van der Waals surface area contributed by atoms with Crippen molar-refractivity contribution in [3.8, 4) is 0 Å². The Bertz CT molecular complexity index is 862. The molecule has 124 valence electrons. The maximum Gasteiger partial charge on any atom is 0.274 e. The number of carbonyl (C=O) groups is 1. The summed E-state index contributed by atoms with van der Waals surface area (Å²) in [7, 11) is 0. The Morgan fingerprint density at radius 2 is 1.92 bits per heavy atom. The van der Waals surface area contributed by atoms with Crippen LogP contribution in [0.1, 0.15) is 47.1 Å². The third-order valence-corrected chi connectivity index (χ3v) is 4.27. The lowest BCUT2D eigenvalue weighted by molar-refractivity contribution is 0.102. The summed E-state index contributed by atoms with van der Waals surface area (Å²) in [5, 5.41) is 2.98. The van der Waals surface area contributed by atoms with Crippen LogP contribution in [0.5, 0.6) is 0 Å². The Hall–Kier alpha value is -2.62. The molecule has 3 aromatic rings. The van der Waals surface area contributed by atoms with E-state index >= 15 is 0 Å². The number of imidazole rings is 1. The van der Waals surface area contributed by atoms with Crippen molar-refractivity contribution in [3.05, 3.63) is 65.1 Å². The van der Waals surface area contributed by atoms with E-state index in [1.54, 1.807) is 0 Å². The van der Waals surface area contributed by atoms with Crippen LogP contribution in [-0.2, 0) is 6.42 Å². The molecule has 2 aromatic heterocycles. The summed E-state index contributed by atoms with van der Waals surface area (Å²) in [6.45, 7) is 6.06. The van der Waals surface area contributed by atoms with E-state index in [0.29, 0.717) is 5.69 Å². The number of unbranched alkanes of at least 4 members (excludes halogenated alkanes) is 1. The van der Waals surface area contributed by atoms with Crippen LogP contribution in [0.4, 0.5) is 5.69 Å². The van der Waals surface area contributed by atoms with Gasteiger partial charge in [0, 0.05) is 11.9 Å². The van der Waals surface area contributed by atoms with E-state index in [2.05, 4.69) is 29.4 Å². The predicted octanol–water partition coefficient (Wildman–Crippen LogP) is 4.55. The minimum atomic E-state index is -0.132. The van der Waals surface area contributed by atoms with Crippen LogP contribution < -0.4 is 5.32 Å². The fourth-order valence-electron chi connectivity index (χ4n) is 2.92. The SMILES string of the molecule is CCCCc1ccc(NC(=O)c2c(C)nc3c(C)cccn23)cc1. The van der Waals surface area contributed by atoms with Gasteiger partial charge in [-0.2, -0.15) is 0 Å². The highest BCUT2D eigenvalue weighted by Crippen LogP contribution is 2.18. The molecule has 0 saturated heterocycles. The number of anilines is 1. The number of pyridine rings is 1. The average Bonchev–Trinajstić information content (AvgIpc) is 2.92. The minimum Gasteiger partial charge on any atom is -0.321 e. The smallest absolute Gasteiger partial charge is 0.274 e. The highest BCUT2D eigenvalue weighted by atomic mass is 16.2. The third-order valence-electron chi connectivity index (χ3n) is 4.27. The van der Waals surface area contributed by atoms with Crippen LogP contribution in [0.15, 0.2) is 42.6 Å². The summed E-state index contributed by atoms with van der Waals surface area (Å²) < 4.78 is 1.86. The van der Waals surface area contributed by atoms with Crippen molar-refractivity contribution < 1.29 is 4.79 Å². The zero-order valence-electron chi connectivity index (χ0n) is 14.5. The number of benzene rings is 1. The zero-order valence-corrected chi connectivity index (χ0v) is 14.5. The number of aryl methyl sites for hydroxylation is 3. The molecule has 0 aliphatic carbocycles. The summed E-state index contributed by atoms with van der Waals surface area (Å²) in [6, 6.07) is 12.0. The summed E-state index contributed by atoms with van der Waals surface area (Å²) in [4.78, 5) is 17.2. The molecule has 4 nitrogen and oxygen atoms in total. The molecule has 0 aliphatic heterocycles. The van der Waals surface area contributed by atoms with E-state index in [0.717, 1.165) is 29.0 Å². The molecule has 0 unspecified atom stereocenters. The van der Waals surface area contributed by atoms with Crippen LogP contribution >= 0.6 is 0 Å². The summed E-state index contributed by atoms with van der Waals surface area (Å²) in [5.74, 6) is -0.132. The van der Waals surface area contributed by atoms with E-state index in [1.807, 2.05) is 48.7 Å². The van der Waals surface area contributed by atoms with E-state index in [9.17, 15) is 4.79 Å². The van der Waals surface area contributed by atoms with E-state index in [-0.39, 0.29) is 5.91 Å². The molecule has 0 spiro atoms. The summed E-state index contributed by atoms with van der Waals surface area (Å²) in [5.41, 5.74) is 5.32. The van der Waals surface area contributed by atoms with Gasteiger partial charge in [-0.1, -0.05) is 31.5 Å². The summed E-state index contributed by atoms with van der Waals surface area (Å²) in [6.07, 6.45) is 5.33. The number of aromatic nitrogens is 2. The second kappa shape index (κ2) is 6.87. The van der Waals surface area contributed by atoms with Crippen LogP contribution in [0.3, 0.4) is 0 Å². The predicted molar refractivity (Wildman–Crippen MR) is 97.7 cm³/mol. The van der Waals surface area contributed by atoms with Gasteiger partial charge in [0.25, 0.3) is 5.91 Å². The van der Waals surface area contributed by atoms with Crippen LogP contribution in [0.2, 0.25) is 0 Å². The Kier molecular flexibility index (Phi) is 4.65. The van der Waals surface area contributed by atoms with Crippen LogP contribution in [0, 0.1) is 13.8 Å². The van der Waals surface area contributed by atoms with Crippen molar-refractivity contribution in [2.45, 2.75) is 40.0 Å². The molecule has 2 heterocycles. The molecular weight excluding hydrogens is 298 g/mol. The highest BCUT2D eigenvalue weighted by molar-refractivity contribution is 6.04. The molecular formula is C20H23N3O. The van der Waals surface area contributed by atoms with Crippen LogP contribution in [-0.4, -0.2) is 15.3 Å². The van der Waals surface area contributed by atoms with Crippen molar-refractivity contribution in [2.24, 2.45) is 0 Å². The van der Waals surface area contributed by atoms with Gasteiger partial charge in [0.05, 0.1) is 5.69 Å². The molecule has 24 heavy (non-hydrogen) atoms. The van der Waals surface area contributed by atoms with Gasteiger partial charge in [0.1, 0.15) is 11.3 Å². The first-order valence-corrected chi connectivity index (χ1v) is 8.44. The quantitative estimate of drug-likeness (QED) is 0.749. The Morgan fingerprint density at radius 3 is 2.62 bits per heavy atom. The third kappa shape index (κ3) is 3.18. The Labute approximate surface area is 142 Å². The molecule has 0 fully saturated rings. The number of hydrogen-bond donors (Lipinski definition) is 1. The fraction of sp³-hybridized carbons (Fsp3) is 0.300. The lowest BCUT2D eigenvalue weighted by Crippen LogP contribution is -2.15. The van der Waals surface area contributed by atoms with Gasteiger partial charge in [-0.05, 0) is 56.0 Å². The van der Waals surface area contributed by atoms with Gasteiger partial charge in [0.2, 0.25) is 0 Å². The van der Waals surface area contributed by atoms with Crippen molar-refractivity contribution in [1.29, 1.82) is 0 Å². The van der Waals surface area contributed by atoms with Crippen molar-refractivity contribution in [3.63, 3.8) is 0 Å². The van der Waals surface area contributed by atoms with Crippen molar-refractivity contribution in [1.82, 2.24) is 9.38 Å². The second-order valence-electron chi connectivity index (χ2n) is 6.19. The van der Waals surface area contributed by atoms with E-state index in [1.165, 1.54) is 18.4 Å². The largest absolute Gasteiger partial charge is 0.321 e. The standard InChI is InChI=1S/C20H23N3O/c1-4-5-8-16-9-11-17(12-10-16)22-20(24)18-15(3)21-19-14(2)7-6-13-23(18)19/h6-7,9-13H,4-5,8H2,1-3H3,(H,22,24). The molecule has 3 rings (SSSR count). The second-order valence-corrected chi connectivity index (χ2v) is 6.19. The van der Waals surface area contributed by atoms with Crippen molar-refractivity contribution in [2.75, 3.05) is 5.32 Å². The first-order valence-electron chi connectivity index (χ1n) is 8.44. The molecule has 1 aromatic carbocycles. The normalized spacial score (nSPS) is 11.0. The highest BCUT2D eigenvalue weighted by Gasteiger charge is 2.17. The maximum atomic E-state index is 12.7. The molecule has 4 heteroatoms. The molecule has 1 N–H and O–H groups in total. The molecule has 0 aliphatic rings. The first kappa shape index (κ1) is 16.2. The van der Waals surface area contributed by atoms with Gasteiger partial charge in [0.15, 0.2) is 0 Å². The molecule has 1 amide bonds. The number of amides is 1. The zero-order chi connectivity index (χ0) is 17.1. The van der Waals surface area contributed by atoms with E-state index < -0.39 is 0 Å². The Balaban J connectivity index is 1.83. The lowest BCUT2D eigenvalue weighted by Gasteiger charge is -2.07. The number of nitrogens with zero attached hydrogens (tertiary/aromatic N) is 2. The number of hydrogen-bond acceptors (Lipinski definition) is 2. The number of fused-ring (bicyclic) bond motifs is 1. The first-order chi connectivity index (χ1) is 11.6. The molecule has 0 bridgehead atoms.